The Morgan fingerprint density at radius 2 is 2.06 bits per heavy atom. The molecule has 0 spiro atoms. The number of nitro groups is 1. The second-order valence-electron chi connectivity index (χ2n) is 4.83. The van der Waals surface area contributed by atoms with Crippen molar-refractivity contribution >= 4 is 0 Å². The molecule has 0 unspecified atom stereocenters. The van der Waals surface area contributed by atoms with Crippen LogP contribution < -0.4 is 0 Å². The van der Waals surface area contributed by atoms with Gasteiger partial charge < -0.3 is 4.74 Å². The first-order valence-electron chi connectivity index (χ1n) is 5.88. The van der Waals surface area contributed by atoms with Gasteiger partial charge in [0, 0.05) is 24.4 Å². The highest BCUT2D eigenvalue weighted by atomic mass is 16.6. The molecule has 2 rings (SSSR count). The van der Waals surface area contributed by atoms with Gasteiger partial charge in [0.15, 0.2) is 6.10 Å². The monoisotopic (exact) mass is 235 g/mol. The van der Waals surface area contributed by atoms with Crippen LogP contribution in [0.4, 0.5) is 0 Å². The molecule has 4 nitrogen and oxygen atoms in total. The van der Waals surface area contributed by atoms with Crippen molar-refractivity contribution in [2.24, 2.45) is 5.92 Å². The lowest BCUT2D eigenvalue weighted by molar-refractivity contribution is -0.596. The minimum absolute atomic E-state index is 0.0106. The minimum Gasteiger partial charge on any atom is -0.366 e. The third-order valence-corrected chi connectivity index (χ3v) is 3.86. The van der Waals surface area contributed by atoms with Gasteiger partial charge in [-0.05, 0) is 12.0 Å². The van der Waals surface area contributed by atoms with Crippen LogP contribution >= 0.6 is 0 Å². The highest BCUT2D eigenvalue weighted by molar-refractivity contribution is 5.21. The van der Waals surface area contributed by atoms with Gasteiger partial charge in [0.1, 0.15) is 0 Å². The van der Waals surface area contributed by atoms with E-state index in [0.717, 1.165) is 12.0 Å². The Bertz CT molecular complexity index is 406. The van der Waals surface area contributed by atoms with Crippen LogP contribution in [-0.2, 0) is 4.74 Å². The fourth-order valence-corrected chi connectivity index (χ4v) is 2.42. The molecule has 1 aliphatic rings. The van der Waals surface area contributed by atoms with Crippen LogP contribution in [0.5, 0.6) is 0 Å². The Hall–Kier alpha value is -1.42. The van der Waals surface area contributed by atoms with Gasteiger partial charge in [-0.1, -0.05) is 37.3 Å². The van der Waals surface area contributed by atoms with E-state index in [0.29, 0.717) is 6.61 Å². The van der Waals surface area contributed by atoms with Crippen molar-refractivity contribution < 1.29 is 9.66 Å². The molecule has 1 aromatic rings. The third-order valence-electron chi connectivity index (χ3n) is 3.86. The molecule has 0 N–H and O–H groups in total. The Morgan fingerprint density at radius 1 is 1.41 bits per heavy atom. The van der Waals surface area contributed by atoms with Crippen molar-refractivity contribution in [3.63, 3.8) is 0 Å². The lowest BCUT2D eigenvalue weighted by Gasteiger charge is -2.38. The Labute approximate surface area is 101 Å². The molecule has 1 fully saturated rings. The number of rotatable bonds is 2. The van der Waals surface area contributed by atoms with Crippen molar-refractivity contribution in [1.82, 2.24) is 0 Å². The summed E-state index contributed by atoms with van der Waals surface area (Å²) in [6.07, 6.45) is 0.281. The van der Waals surface area contributed by atoms with Crippen LogP contribution in [-0.4, -0.2) is 17.1 Å². The summed E-state index contributed by atoms with van der Waals surface area (Å²) in [6, 6.07) is 9.46. The summed E-state index contributed by atoms with van der Waals surface area (Å²) in [5.41, 5.74) is -0.155. The first kappa shape index (κ1) is 12.0. The molecule has 0 aliphatic carbocycles. The molecule has 1 saturated heterocycles. The van der Waals surface area contributed by atoms with E-state index in [1.165, 1.54) is 0 Å². The highest BCUT2D eigenvalue weighted by Crippen LogP contribution is 2.42. The Balaban J connectivity index is 2.40. The first-order chi connectivity index (χ1) is 8.06. The molecule has 1 aromatic carbocycles. The molecular formula is C13H17NO3. The van der Waals surface area contributed by atoms with Crippen molar-refractivity contribution in [2.45, 2.75) is 31.9 Å². The van der Waals surface area contributed by atoms with E-state index in [1.807, 2.05) is 37.3 Å². The predicted molar refractivity (Wildman–Crippen MR) is 64.3 cm³/mol. The minimum atomic E-state index is -1.04. The molecule has 3 atom stereocenters. The van der Waals surface area contributed by atoms with Crippen molar-refractivity contribution in [3.05, 3.63) is 46.0 Å². The van der Waals surface area contributed by atoms with E-state index < -0.39 is 11.6 Å². The van der Waals surface area contributed by atoms with Crippen LogP contribution in [0, 0.1) is 16.0 Å². The van der Waals surface area contributed by atoms with Crippen LogP contribution in [0.25, 0.3) is 0 Å². The van der Waals surface area contributed by atoms with Crippen molar-refractivity contribution in [3.8, 4) is 0 Å². The molecule has 0 saturated carbocycles. The van der Waals surface area contributed by atoms with Gasteiger partial charge >= 0.3 is 0 Å². The van der Waals surface area contributed by atoms with Gasteiger partial charge in [-0.25, -0.2) is 0 Å². The summed E-state index contributed by atoms with van der Waals surface area (Å²) in [4.78, 5) is 11.2. The average molecular weight is 235 g/mol. The smallest absolute Gasteiger partial charge is 0.251 e. The largest absolute Gasteiger partial charge is 0.366 e. The van der Waals surface area contributed by atoms with Gasteiger partial charge in [-0.2, -0.15) is 0 Å². The van der Waals surface area contributed by atoms with E-state index in [4.69, 9.17) is 4.74 Å². The number of nitrogens with zero attached hydrogens (tertiary/aromatic N) is 1. The summed E-state index contributed by atoms with van der Waals surface area (Å²) in [5, 5.41) is 11.4. The normalized spacial score (nSPS) is 33.3. The summed E-state index contributed by atoms with van der Waals surface area (Å²) in [6.45, 7) is 4.21. The maximum Gasteiger partial charge on any atom is 0.251 e. The predicted octanol–water partition coefficient (Wildman–Crippen LogP) is 2.82. The molecular weight excluding hydrogens is 218 g/mol. The van der Waals surface area contributed by atoms with Gasteiger partial charge in [-0.15, -0.1) is 0 Å². The lowest BCUT2D eigenvalue weighted by atomic mass is 9.76. The second kappa shape index (κ2) is 4.45. The molecule has 0 radical (unpaired) electrons. The molecule has 17 heavy (non-hydrogen) atoms. The van der Waals surface area contributed by atoms with Crippen molar-refractivity contribution in [2.75, 3.05) is 6.61 Å². The van der Waals surface area contributed by atoms with E-state index in [2.05, 4.69) is 0 Å². The van der Waals surface area contributed by atoms with Crippen LogP contribution in [0.1, 0.15) is 31.9 Å². The van der Waals surface area contributed by atoms with Gasteiger partial charge in [0.2, 0.25) is 0 Å². The topological polar surface area (TPSA) is 52.4 Å². The summed E-state index contributed by atoms with van der Waals surface area (Å²) < 4.78 is 5.67. The third kappa shape index (κ3) is 1.93. The average Bonchev–Trinajstić information content (AvgIpc) is 2.33. The highest BCUT2D eigenvalue weighted by Gasteiger charge is 2.54. The van der Waals surface area contributed by atoms with Gasteiger partial charge in [0.25, 0.3) is 5.54 Å². The van der Waals surface area contributed by atoms with Crippen LogP contribution in [0.3, 0.4) is 0 Å². The molecule has 0 aromatic heterocycles. The maximum atomic E-state index is 11.4. The van der Waals surface area contributed by atoms with Crippen molar-refractivity contribution in [1.29, 1.82) is 0 Å². The molecule has 1 heterocycles. The van der Waals surface area contributed by atoms with Crippen LogP contribution in [0.15, 0.2) is 30.3 Å². The number of ether oxygens (including phenoxy) is 1. The second-order valence-corrected chi connectivity index (χ2v) is 4.83. The zero-order valence-electron chi connectivity index (χ0n) is 10.1. The fourth-order valence-electron chi connectivity index (χ4n) is 2.42. The van der Waals surface area contributed by atoms with E-state index in [-0.39, 0.29) is 10.8 Å². The molecule has 0 amide bonds. The fraction of sp³-hybridized carbons (Fsp3) is 0.538. The number of benzene rings is 1. The standard InChI is InChI=1S/C13H17NO3/c1-10-8-9-17-12(13(10,2)14(15)16)11-6-4-3-5-7-11/h3-7,10,12H,8-9H2,1-2H3/t10-,12-,13+/m1/s1. The summed E-state index contributed by atoms with van der Waals surface area (Å²) >= 11 is 0. The van der Waals surface area contributed by atoms with Gasteiger partial charge in [0.05, 0.1) is 0 Å². The van der Waals surface area contributed by atoms with E-state index in [9.17, 15) is 10.1 Å². The SMILES string of the molecule is C[C@@H]1CCO[C@H](c2ccccc2)[C@@]1(C)[N+](=O)[O-]. The van der Waals surface area contributed by atoms with E-state index >= 15 is 0 Å². The zero-order valence-corrected chi connectivity index (χ0v) is 10.1. The zero-order chi connectivity index (χ0) is 12.5. The molecule has 1 aliphatic heterocycles. The molecule has 4 heteroatoms. The Morgan fingerprint density at radius 3 is 2.65 bits per heavy atom. The number of hydrogen-bond acceptors (Lipinski definition) is 3. The molecule has 0 bridgehead atoms. The maximum absolute atomic E-state index is 11.4. The Kier molecular flexibility index (Phi) is 3.15. The van der Waals surface area contributed by atoms with E-state index in [1.54, 1.807) is 6.92 Å². The number of hydrogen-bond donors (Lipinski definition) is 0. The van der Waals surface area contributed by atoms with Gasteiger partial charge in [-0.3, -0.25) is 10.1 Å². The summed E-state index contributed by atoms with van der Waals surface area (Å²) in [5.74, 6) is 0.0106. The quantitative estimate of drug-likeness (QED) is 0.585. The summed E-state index contributed by atoms with van der Waals surface area (Å²) in [7, 11) is 0. The lowest BCUT2D eigenvalue weighted by Crippen LogP contribution is -2.51. The van der Waals surface area contributed by atoms with Crippen LogP contribution in [0.2, 0.25) is 0 Å². The molecule has 92 valence electrons. The first-order valence-corrected chi connectivity index (χ1v) is 5.88.